The fourth-order valence-corrected chi connectivity index (χ4v) is 1.76. The van der Waals surface area contributed by atoms with Crippen molar-refractivity contribution in [2.24, 2.45) is 0 Å². The SMILES string of the molecule is CCc1nc2nc(OC)cc(OC)n2c1C(=O)O. The molecule has 2 aromatic rings. The topological polar surface area (TPSA) is 86.0 Å². The van der Waals surface area contributed by atoms with Crippen LogP contribution in [-0.4, -0.2) is 39.7 Å². The highest BCUT2D eigenvalue weighted by Crippen LogP contribution is 2.23. The zero-order valence-electron chi connectivity index (χ0n) is 10.3. The molecule has 0 aromatic carbocycles. The molecule has 0 bridgehead atoms. The van der Waals surface area contributed by atoms with E-state index >= 15 is 0 Å². The van der Waals surface area contributed by atoms with Crippen molar-refractivity contribution < 1.29 is 19.4 Å². The summed E-state index contributed by atoms with van der Waals surface area (Å²) in [5.74, 6) is -0.171. The molecule has 18 heavy (non-hydrogen) atoms. The van der Waals surface area contributed by atoms with Crippen LogP contribution in [0.3, 0.4) is 0 Å². The Kier molecular flexibility index (Phi) is 3.05. The van der Waals surface area contributed by atoms with Gasteiger partial charge < -0.3 is 14.6 Å². The van der Waals surface area contributed by atoms with Gasteiger partial charge in [0.15, 0.2) is 5.69 Å². The zero-order valence-corrected chi connectivity index (χ0v) is 10.3. The van der Waals surface area contributed by atoms with Crippen LogP contribution >= 0.6 is 0 Å². The van der Waals surface area contributed by atoms with E-state index in [1.54, 1.807) is 0 Å². The number of aryl methyl sites for hydroxylation is 1. The Labute approximate surface area is 103 Å². The number of aromatic nitrogens is 3. The van der Waals surface area contributed by atoms with Crippen molar-refractivity contribution in [1.29, 1.82) is 0 Å². The van der Waals surface area contributed by atoms with Crippen molar-refractivity contribution in [2.75, 3.05) is 14.2 Å². The lowest BCUT2D eigenvalue weighted by atomic mass is 10.2. The molecule has 0 aliphatic carbocycles. The van der Waals surface area contributed by atoms with E-state index in [9.17, 15) is 9.90 Å². The number of methoxy groups -OCH3 is 2. The van der Waals surface area contributed by atoms with Gasteiger partial charge in [-0.2, -0.15) is 4.98 Å². The molecule has 2 aromatic heterocycles. The average Bonchev–Trinajstić information content (AvgIpc) is 2.75. The molecule has 0 amide bonds. The predicted octanol–water partition coefficient (Wildman–Crippen LogP) is 1.01. The lowest BCUT2D eigenvalue weighted by Gasteiger charge is -2.07. The lowest BCUT2D eigenvalue weighted by Crippen LogP contribution is -2.08. The third kappa shape index (κ3) is 1.73. The fraction of sp³-hybridized carbons (Fsp3) is 0.364. The van der Waals surface area contributed by atoms with Gasteiger partial charge in [0.1, 0.15) is 0 Å². The number of carboxylic acids is 1. The summed E-state index contributed by atoms with van der Waals surface area (Å²) in [6.07, 6.45) is 0.496. The van der Waals surface area contributed by atoms with E-state index in [0.717, 1.165) is 0 Å². The van der Waals surface area contributed by atoms with Gasteiger partial charge in [-0.3, -0.25) is 0 Å². The van der Waals surface area contributed by atoms with Crippen LogP contribution in [0.25, 0.3) is 5.78 Å². The summed E-state index contributed by atoms with van der Waals surface area (Å²) in [7, 11) is 2.92. The van der Waals surface area contributed by atoms with E-state index in [2.05, 4.69) is 9.97 Å². The van der Waals surface area contributed by atoms with Crippen molar-refractivity contribution in [3.63, 3.8) is 0 Å². The van der Waals surface area contributed by atoms with Crippen LogP contribution in [0.15, 0.2) is 6.07 Å². The number of carboxylic acid groups (broad SMARTS) is 1. The van der Waals surface area contributed by atoms with E-state index in [4.69, 9.17) is 9.47 Å². The van der Waals surface area contributed by atoms with Crippen molar-refractivity contribution in [1.82, 2.24) is 14.4 Å². The number of ether oxygens (including phenoxy) is 2. The molecular weight excluding hydrogens is 238 g/mol. The lowest BCUT2D eigenvalue weighted by molar-refractivity contribution is 0.0687. The molecule has 0 saturated heterocycles. The number of hydrogen-bond acceptors (Lipinski definition) is 5. The standard InChI is InChI=1S/C11H13N3O4/c1-4-6-9(10(15)16)14-8(18-3)5-7(17-2)13-11(14)12-6/h5H,4H2,1-3H3,(H,15,16). The van der Waals surface area contributed by atoms with Crippen LogP contribution in [0, 0.1) is 0 Å². The maximum atomic E-state index is 11.3. The highest BCUT2D eigenvalue weighted by atomic mass is 16.5. The minimum atomic E-state index is -1.07. The minimum Gasteiger partial charge on any atom is -0.482 e. The molecule has 0 radical (unpaired) electrons. The Balaban J connectivity index is 2.85. The van der Waals surface area contributed by atoms with Crippen molar-refractivity contribution in [2.45, 2.75) is 13.3 Å². The maximum absolute atomic E-state index is 11.3. The summed E-state index contributed by atoms with van der Waals surface area (Å²) < 4.78 is 11.5. The molecule has 2 rings (SSSR count). The Morgan fingerprint density at radius 3 is 2.61 bits per heavy atom. The van der Waals surface area contributed by atoms with Crippen LogP contribution in [0.1, 0.15) is 23.1 Å². The molecule has 0 spiro atoms. The first-order chi connectivity index (χ1) is 8.62. The van der Waals surface area contributed by atoms with Crippen LogP contribution in [-0.2, 0) is 6.42 Å². The molecule has 1 N–H and O–H groups in total. The van der Waals surface area contributed by atoms with E-state index in [-0.39, 0.29) is 11.5 Å². The summed E-state index contributed by atoms with van der Waals surface area (Å²) in [6, 6.07) is 1.51. The molecule has 7 heteroatoms. The Morgan fingerprint density at radius 1 is 1.39 bits per heavy atom. The van der Waals surface area contributed by atoms with E-state index in [1.807, 2.05) is 6.92 Å². The summed E-state index contributed by atoms with van der Waals surface area (Å²) in [5, 5.41) is 9.25. The van der Waals surface area contributed by atoms with E-state index in [0.29, 0.717) is 23.9 Å². The second-order valence-electron chi connectivity index (χ2n) is 3.54. The number of imidazole rings is 1. The van der Waals surface area contributed by atoms with Gasteiger partial charge in [0.25, 0.3) is 0 Å². The average molecular weight is 251 g/mol. The first-order valence-electron chi connectivity index (χ1n) is 5.36. The van der Waals surface area contributed by atoms with Crippen LogP contribution in [0.2, 0.25) is 0 Å². The zero-order chi connectivity index (χ0) is 13.3. The third-order valence-electron chi connectivity index (χ3n) is 2.57. The molecule has 0 unspecified atom stereocenters. The van der Waals surface area contributed by atoms with Gasteiger partial charge in [-0.15, -0.1) is 0 Å². The van der Waals surface area contributed by atoms with Crippen LogP contribution < -0.4 is 9.47 Å². The van der Waals surface area contributed by atoms with Gasteiger partial charge in [0, 0.05) is 0 Å². The third-order valence-corrected chi connectivity index (χ3v) is 2.57. The predicted molar refractivity (Wildman–Crippen MR) is 62.4 cm³/mol. The molecular formula is C11H13N3O4. The molecule has 0 aliphatic heterocycles. The highest BCUT2D eigenvalue weighted by molar-refractivity contribution is 5.88. The number of carbonyl (C=O) groups is 1. The van der Waals surface area contributed by atoms with Crippen LogP contribution in [0.4, 0.5) is 0 Å². The summed E-state index contributed by atoms with van der Waals surface area (Å²) in [4.78, 5) is 19.6. The molecule has 7 nitrogen and oxygen atoms in total. The second-order valence-corrected chi connectivity index (χ2v) is 3.54. The Hall–Kier alpha value is -2.31. The molecule has 0 fully saturated rings. The molecule has 0 aliphatic rings. The minimum absolute atomic E-state index is 0.0690. The fourth-order valence-electron chi connectivity index (χ4n) is 1.76. The first kappa shape index (κ1) is 12.2. The smallest absolute Gasteiger partial charge is 0.354 e. The van der Waals surface area contributed by atoms with Crippen LogP contribution in [0.5, 0.6) is 11.8 Å². The summed E-state index contributed by atoms with van der Waals surface area (Å²) in [5.41, 5.74) is 0.529. The van der Waals surface area contributed by atoms with Gasteiger partial charge in [0.05, 0.1) is 26.0 Å². The van der Waals surface area contributed by atoms with Gasteiger partial charge in [-0.25, -0.2) is 14.2 Å². The number of aromatic carboxylic acids is 1. The molecule has 2 heterocycles. The van der Waals surface area contributed by atoms with E-state index in [1.165, 1.54) is 24.7 Å². The van der Waals surface area contributed by atoms with Gasteiger partial charge in [-0.1, -0.05) is 6.92 Å². The highest BCUT2D eigenvalue weighted by Gasteiger charge is 2.21. The normalized spacial score (nSPS) is 10.6. The molecule has 0 atom stereocenters. The number of nitrogens with zero attached hydrogens (tertiary/aromatic N) is 3. The largest absolute Gasteiger partial charge is 0.482 e. The van der Waals surface area contributed by atoms with Gasteiger partial charge in [0.2, 0.25) is 17.5 Å². The Morgan fingerprint density at radius 2 is 2.11 bits per heavy atom. The quantitative estimate of drug-likeness (QED) is 0.872. The monoisotopic (exact) mass is 251 g/mol. The summed E-state index contributed by atoms with van der Waals surface area (Å²) >= 11 is 0. The van der Waals surface area contributed by atoms with E-state index < -0.39 is 5.97 Å². The van der Waals surface area contributed by atoms with Gasteiger partial charge in [-0.05, 0) is 6.42 Å². The molecule has 0 saturated carbocycles. The van der Waals surface area contributed by atoms with Gasteiger partial charge >= 0.3 is 5.97 Å². The Bertz CT molecular complexity index is 606. The van der Waals surface area contributed by atoms with Crippen molar-refractivity contribution in [3.8, 4) is 11.8 Å². The molecule has 96 valence electrons. The number of hydrogen-bond donors (Lipinski definition) is 1. The van der Waals surface area contributed by atoms with Crippen molar-refractivity contribution in [3.05, 3.63) is 17.5 Å². The number of rotatable bonds is 4. The number of fused-ring (bicyclic) bond motifs is 1. The van der Waals surface area contributed by atoms with Crippen molar-refractivity contribution >= 4 is 11.7 Å². The first-order valence-corrected chi connectivity index (χ1v) is 5.36. The second kappa shape index (κ2) is 4.52. The summed E-state index contributed by atoms with van der Waals surface area (Å²) in [6.45, 7) is 1.83. The maximum Gasteiger partial charge on any atom is 0.354 e.